The number of hydrogen-bond donors (Lipinski definition) is 2. The number of carbonyl (C=O) groups is 1. The van der Waals surface area contributed by atoms with Crippen molar-refractivity contribution >= 4 is 17.5 Å². The molecule has 0 aliphatic carbocycles. The fraction of sp³-hybridized carbons (Fsp3) is 0.348. The number of carbonyl (C=O) groups excluding carboxylic acids is 1. The number of nitrogen functional groups attached to an aromatic ring is 1. The van der Waals surface area contributed by atoms with E-state index in [9.17, 15) is 9.90 Å². The number of ether oxygens (including phenoxy) is 1. The van der Waals surface area contributed by atoms with E-state index >= 15 is 0 Å². The van der Waals surface area contributed by atoms with Gasteiger partial charge in [-0.25, -0.2) is 0 Å². The topological polar surface area (TPSA) is 72.5 Å². The van der Waals surface area contributed by atoms with Gasteiger partial charge in [0.05, 0.1) is 12.2 Å². The molecule has 2 rings (SSSR count). The van der Waals surface area contributed by atoms with Crippen LogP contribution in [0.1, 0.15) is 60.7 Å². The van der Waals surface area contributed by atoms with Crippen LogP contribution in [0.25, 0.3) is 6.08 Å². The third-order valence-corrected chi connectivity index (χ3v) is 4.37. The summed E-state index contributed by atoms with van der Waals surface area (Å²) in [6, 6.07) is 8.83. The van der Waals surface area contributed by atoms with E-state index in [2.05, 4.69) is 13.8 Å². The van der Waals surface area contributed by atoms with Crippen LogP contribution in [0.2, 0.25) is 0 Å². The Morgan fingerprint density at radius 3 is 2.30 bits per heavy atom. The molecule has 0 atom stereocenters. The van der Waals surface area contributed by atoms with Crippen molar-refractivity contribution in [3.8, 4) is 11.5 Å². The zero-order valence-electron chi connectivity index (χ0n) is 16.4. The number of hydrogen-bond acceptors (Lipinski definition) is 4. The molecule has 2 aromatic rings. The van der Waals surface area contributed by atoms with Gasteiger partial charge in [0.1, 0.15) is 11.5 Å². The van der Waals surface area contributed by atoms with Crippen LogP contribution in [0.3, 0.4) is 0 Å². The molecule has 144 valence electrons. The van der Waals surface area contributed by atoms with Crippen LogP contribution < -0.4 is 10.5 Å². The van der Waals surface area contributed by atoms with Gasteiger partial charge in [-0.1, -0.05) is 26.7 Å². The molecule has 0 bridgehead atoms. The third-order valence-electron chi connectivity index (χ3n) is 4.37. The smallest absolute Gasteiger partial charge is 0.185 e. The predicted molar refractivity (Wildman–Crippen MR) is 111 cm³/mol. The van der Waals surface area contributed by atoms with E-state index in [1.54, 1.807) is 30.3 Å². The van der Waals surface area contributed by atoms with E-state index < -0.39 is 0 Å². The maximum Gasteiger partial charge on any atom is 0.185 e. The molecule has 0 fully saturated rings. The van der Waals surface area contributed by atoms with Crippen LogP contribution in [-0.4, -0.2) is 17.5 Å². The minimum absolute atomic E-state index is 0.144. The van der Waals surface area contributed by atoms with E-state index in [1.165, 1.54) is 6.08 Å². The van der Waals surface area contributed by atoms with Crippen molar-refractivity contribution in [3.05, 3.63) is 58.7 Å². The van der Waals surface area contributed by atoms with Crippen molar-refractivity contribution in [1.29, 1.82) is 0 Å². The van der Waals surface area contributed by atoms with Crippen LogP contribution in [-0.2, 0) is 12.8 Å². The fourth-order valence-corrected chi connectivity index (χ4v) is 3.08. The SMILES string of the molecule is CCCc1cc(CCC)c(OCC)c(C=CC(=O)c2ccc(N)cc2)c1O. The first-order chi connectivity index (χ1) is 13.0. The Labute approximate surface area is 161 Å². The van der Waals surface area contributed by atoms with E-state index in [-0.39, 0.29) is 11.5 Å². The highest BCUT2D eigenvalue weighted by atomic mass is 16.5. The van der Waals surface area contributed by atoms with Crippen molar-refractivity contribution in [2.75, 3.05) is 12.3 Å². The molecule has 4 heteroatoms. The van der Waals surface area contributed by atoms with E-state index in [0.717, 1.165) is 36.8 Å². The number of aromatic hydroxyl groups is 1. The quantitative estimate of drug-likeness (QED) is 0.364. The summed E-state index contributed by atoms with van der Waals surface area (Å²) in [7, 11) is 0. The lowest BCUT2D eigenvalue weighted by molar-refractivity contribution is 0.104. The first-order valence-electron chi connectivity index (χ1n) is 9.60. The normalized spacial score (nSPS) is 11.1. The molecular formula is C23H29NO3. The fourth-order valence-electron chi connectivity index (χ4n) is 3.08. The van der Waals surface area contributed by atoms with Crippen molar-refractivity contribution in [1.82, 2.24) is 0 Å². The van der Waals surface area contributed by atoms with E-state index in [0.29, 0.717) is 29.2 Å². The summed E-state index contributed by atoms with van der Waals surface area (Å²) in [4.78, 5) is 12.5. The van der Waals surface area contributed by atoms with E-state index in [1.807, 2.05) is 13.0 Å². The Kier molecular flexibility index (Phi) is 7.47. The van der Waals surface area contributed by atoms with Crippen LogP contribution >= 0.6 is 0 Å². The number of anilines is 1. The molecule has 0 unspecified atom stereocenters. The highest BCUT2D eigenvalue weighted by Crippen LogP contribution is 2.37. The first-order valence-corrected chi connectivity index (χ1v) is 9.60. The Morgan fingerprint density at radius 1 is 1.07 bits per heavy atom. The number of phenols is 1. The summed E-state index contributed by atoms with van der Waals surface area (Å²) >= 11 is 0. The van der Waals surface area contributed by atoms with Crippen molar-refractivity contribution in [2.45, 2.75) is 46.5 Å². The minimum atomic E-state index is -0.144. The summed E-state index contributed by atoms with van der Waals surface area (Å²) in [6.45, 7) is 6.60. The van der Waals surface area contributed by atoms with E-state index in [4.69, 9.17) is 10.5 Å². The van der Waals surface area contributed by atoms with Gasteiger partial charge in [-0.15, -0.1) is 0 Å². The molecule has 0 aromatic heterocycles. The number of aryl methyl sites for hydroxylation is 2. The zero-order valence-corrected chi connectivity index (χ0v) is 16.4. The molecule has 2 aromatic carbocycles. The number of ketones is 1. The lowest BCUT2D eigenvalue weighted by Crippen LogP contribution is -2.02. The van der Waals surface area contributed by atoms with Gasteiger partial charge in [-0.05, 0) is 73.4 Å². The molecule has 0 saturated heterocycles. The molecule has 0 radical (unpaired) electrons. The zero-order chi connectivity index (χ0) is 19.8. The Hall–Kier alpha value is -2.75. The molecular weight excluding hydrogens is 338 g/mol. The molecule has 4 nitrogen and oxygen atoms in total. The minimum Gasteiger partial charge on any atom is -0.507 e. The van der Waals surface area contributed by atoms with Gasteiger partial charge in [-0.3, -0.25) is 4.79 Å². The van der Waals surface area contributed by atoms with Crippen LogP contribution in [0.4, 0.5) is 5.69 Å². The van der Waals surface area contributed by atoms with Gasteiger partial charge in [0.25, 0.3) is 0 Å². The van der Waals surface area contributed by atoms with Crippen LogP contribution in [0.5, 0.6) is 11.5 Å². The number of allylic oxidation sites excluding steroid dienone is 1. The lowest BCUT2D eigenvalue weighted by atomic mass is 9.96. The van der Waals surface area contributed by atoms with Gasteiger partial charge in [0.2, 0.25) is 0 Å². The summed E-state index contributed by atoms with van der Waals surface area (Å²) in [5.41, 5.74) is 9.38. The number of rotatable bonds is 9. The third kappa shape index (κ3) is 5.13. The summed E-state index contributed by atoms with van der Waals surface area (Å²) in [6.07, 6.45) is 6.69. The highest BCUT2D eigenvalue weighted by Gasteiger charge is 2.17. The molecule has 0 amide bonds. The first kappa shape index (κ1) is 20.6. The van der Waals surface area contributed by atoms with Crippen LogP contribution in [0, 0.1) is 0 Å². The summed E-state index contributed by atoms with van der Waals surface area (Å²) in [5.74, 6) is 0.717. The lowest BCUT2D eigenvalue weighted by Gasteiger charge is -2.17. The molecule has 27 heavy (non-hydrogen) atoms. The monoisotopic (exact) mass is 367 g/mol. The Morgan fingerprint density at radius 2 is 1.70 bits per heavy atom. The van der Waals surface area contributed by atoms with Crippen molar-refractivity contribution in [2.24, 2.45) is 0 Å². The standard InChI is InChI=1S/C23H29NO3/c1-4-7-17-15-18(8-5-2)23(27-6-3)20(22(17)26)13-14-21(25)16-9-11-19(24)12-10-16/h9-15,26H,4-8,24H2,1-3H3. The number of phenolic OH excluding ortho intramolecular Hbond substituents is 1. The molecule has 0 saturated carbocycles. The molecule has 3 N–H and O–H groups in total. The largest absolute Gasteiger partial charge is 0.507 e. The molecule has 0 heterocycles. The van der Waals surface area contributed by atoms with Gasteiger partial charge < -0.3 is 15.6 Å². The van der Waals surface area contributed by atoms with Gasteiger partial charge >= 0.3 is 0 Å². The molecule has 0 aliphatic rings. The average molecular weight is 367 g/mol. The van der Waals surface area contributed by atoms with Crippen molar-refractivity contribution < 1.29 is 14.6 Å². The maximum absolute atomic E-state index is 12.5. The second-order valence-electron chi connectivity index (χ2n) is 6.54. The maximum atomic E-state index is 12.5. The number of benzene rings is 2. The number of nitrogens with two attached hydrogens (primary N) is 1. The van der Waals surface area contributed by atoms with Gasteiger partial charge in [-0.2, -0.15) is 0 Å². The second kappa shape index (κ2) is 9.81. The highest BCUT2D eigenvalue weighted by molar-refractivity contribution is 6.07. The Bertz CT molecular complexity index is 807. The van der Waals surface area contributed by atoms with Gasteiger partial charge in [0, 0.05) is 11.3 Å². The van der Waals surface area contributed by atoms with Crippen molar-refractivity contribution in [3.63, 3.8) is 0 Å². The average Bonchev–Trinajstić information content (AvgIpc) is 2.65. The summed E-state index contributed by atoms with van der Waals surface area (Å²) < 4.78 is 5.85. The van der Waals surface area contributed by atoms with Gasteiger partial charge in [0.15, 0.2) is 5.78 Å². The molecule has 0 aliphatic heterocycles. The Balaban J connectivity index is 2.48. The second-order valence-corrected chi connectivity index (χ2v) is 6.54. The van der Waals surface area contributed by atoms with Crippen LogP contribution in [0.15, 0.2) is 36.4 Å². The summed E-state index contributed by atoms with van der Waals surface area (Å²) in [5, 5.41) is 10.8. The predicted octanol–water partition coefficient (Wildman–Crippen LogP) is 5.17. The molecule has 0 spiro atoms.